The first-order valence-electron chi connectivity index (χ1n) is 12.0. The Morgan fingerprint density at radius 2 is 1.75 bits per heavy atom. The van der Waals surface area contributed by atoms with E-state index < -0.39 is 24.6 Å². The second-order valence-electron chi connectivity index (χ2n) is 8.24. The summed E-state index contributed by atoms with van der Waals surface area (Å²) in [5.74, 6) is -0.351. The third kappa shape index (κ3) is 6.16. The monoisotopic (exact) mass is 694 g/mol. The van der Waals surface area contributed by atoms with E-state index in [0.29, 0.717) is 59.9 Å². The second-order valence-corrected chi connectivity index (χ2v) is 11.0. The van der Waals surface area contributed by atoms with Gasteiger partial charge in [-0.25, -0.2) is 14.6 Å². The van der Waals surface area contributed by atoms with Gasteiger partial charge in [0.15, 0.2) is 22.9 Å². The number of carboxylic acid groups (broad SMARTS) is 1. The molecule has 0 spiro atoms. The number of aliphatic carboxylic acids is 1. The zero-order valence-corrected chi connectivity index (χ0v) is 25.6. The molecule has 1 atom stereocenters. The molecule has 2 heterocycles. The lowest BCUT2D eigenvalue weighted by Gasteiger charge is -2.23. The quantitative estimate of drug-likeness (QED) is 0.318. The van der Waals surface area contributed by atoms with Crippen LogP contribution in [0.1, 0.15) is 31.0 Å². The lowest BCUT2D eigenvalue weighted by molar-refractivity contribution is -0.139. The van der Waals surface area contributed by atoms with Gasteiger partial charge in [0.2, 0.25) is 0 Å². The van der Waals surface area contributed by atoms with Crippen LogP contribution in [0.15, 0.2) is 60.8 Å². The zero-order chi connectivity index (χ0) is 29.0. The molecule has 0 aliphatic carbocycles. The number of carbonyl (C=O) groups is 2. The summed E-state index contributed by atoms with van der Waals surface area (Å²) in [5, 5.41) is 8.92. The van der Waals surface area contributed by atoms with E-state index >= 15 is 0 Å². The summed E-state index contributed by atoms with van der Waals surface area (Å²) < 4.78 is 24.6. The highest BCUT2D eigenvalue weighted by Gasteiger charge is 2.31. The molecule has 0 saturated heterocycles. The largest absolute Gasteiger partial charge is 0.490 e. The fourth-order valence-corrected chi connectivity index (χ4v) is 6.49. The normalized spacial score (nSPS) is 14.6. The first-order valence-corrected chi connectivity index (χ1v) is 14.4. The Kier molecular flexibility index (Phi) is 9.48. The summed E-state index contributed by atoms with van der Waals surface area (Å²) in [6.45, 7) is 4.06. The van der Waals surface area contributed by atoms with E-state index in [1.54, 1.807) is 36.4 Å². The standard InChI is InChI=1S/C27H24Br2N2O8S/c1-4-37-19-7-6-15(11-20(19)38-5-2)23-16(26(35)36-3)12-30-27-31(23)25(34)21(40-27)10-14-8-17(28)24(18(29)9-14)39-13-22(32)33/h6-12,23H,4-5,13H2,1-3H3,(H,32,33)/b21-10-/t23-/m1/s1. The maximum absolute atomic E-state index is 13.8. The maximum atomic E-state index is 13.8. The molecular formula is C27H24Br2N2O8S. The number of methoxy groups -OCH3 is 1. The summed E-state index contributed by atoms with van der Waals surface area (Å²) in [7, 11) is 1.27. The van der Waals surface area contributed by atoms with Crippen molar-refractivity contribution in [3.8, 4) is 17.2 Å². The number of halogens is 2. The number of hydrogen-bond acceptors (Lipinski definition) is 9. The minimum Gasteiger partial charge on any atom is -0.490 e. The molecule has 0 radical (unpaired) electrons. The van der Waals surface area contributed by atoms with Crippen molar-refractivity contribution < 1.29 is 33.6 Å². The highest BCUT2D eigenvalue weighted by molar-refractivity contribution is 9.11. The van der Waals surface area contributed by atoms with Crippen molar-refractivity contribution in [1.82, 2.24) is 4.57 Å². The van der Waals surface area contributed by atoms with E-state index in [1.165, 1.54) is 29.2 Å². The summed E-state index contributed by atoms with van der Waals surface area (Å²) >= 11 is 7.96. The van der Waals surface area contributed by atoms with Gasteiger partial charge in [0.05, 0.1) is 45.4 Å². The molecule has 1 aromatic heterocycles. The van der Waals surface area contributed by atoms with Gasteiger partial charge in [-0.2, -0.15) is 0 Å². The molecule has 3 aromatic rings. The second kappa shape index (κ2) is 12.8. The molecule has 2 aromatic carbocycles. The van der Waals surface area contributed by atoms with Crippen molar-refractivity contribution in [3.63, 3.8) is 0 Å². The van der Waals surface area contributed by atoms with Gasteiger partial charge < -0.3 is 24.1 Å². The van der Waals surface area contributed by atoms with E-state index in [4.69, 9.17) is 24.1 Å². The summed E-state index contributed by atoms with van der Waals surface area (Å²) in [4.78, 5) is 42.2. The molecule has 210 valence electrons. The molecule has 0 saturated carbocycles. The molecule has 40 heavy (non-hydrogen) atoms. The number of carbonyl (C=O) groups excluding carboxylic acids is 1. The number of esters is 1. The van der Waals surface area contributed by atoms with Crippen LogP contribution in [0.25, 0.3) is 6.08 Å². The van der Waals surface area contributed by atoms with Gasteiger partial charge in [-0.05, 0) is 87.2 Å². The lowest BCUT2D eigenvalue weighted by Crippen LogP contribution is -2.39. The Morgan fingerprint density at radius 3 is 2.38 bits per heavy atom. The average molecular weight is 696 g/mol. The van der Waals surface area contributed by atoms with Crippen molar-refractivity contribution in [1.29, 1.82) is 0 Å². The van der Waals surface area contributed by atoms with E-state index in [2.05, 4.69) is 36.9 Å². The van der Waals surface area contributed by atoms with Gasteiger partial charge in [0.1, 0.15) is 5.75 Å². The van der Waals surface area contributed by atoms with E-state index in [9.17, 15) is 14.4 Å². The van der Waals surface area contributed by atoms with Crippen LogP contribution in [-0.4, -0.2) is 48.5 Å². The number of nitrogens with zero attached hydrogens (tertiary/aromatic N) is 2. The fourth-order valence-electron chi connectivity index (χ4n) is 4.07. The minimum absolute atomic E-state index is 0.193. The van der Waals surface area contributed by atoms with Crippen LogP contribution in [0.2, 0.25) is 0 Å². The smallest absolute Gasteiger partial charge is 0.341 e. The Hall–Kier alpha value is -3.42. The Balaban J connectivity index is 1.84. The molecule has 1 aliphatic heterocycles. The highest BCUT2D eigenvalue weighted by Crippen LogP contribution is 2.36. The number of fused-ring (bicyclic) bond motifs is 1. The van der Waals surface area contributed by atoms with Gasteiger partial charge in [-0.15, -0.1) is 0 Å². The average Bonchev–Trinajstić information content (AvgIpc) is 3.23. The van der Waals surface area contributed by atoms with Gasteiger partial charge in [-0.3, -0.25) is 9.36 Å². The van der Waals surface area contributed by atoms with Gasteiger partial charge in [0.25, 0.3) is 5.56 Å². The van der Waals surface area contributed by atoms with Crippen molar-refractivity contribution in [2.45, 2.75) is 19.9 Å². The number of benzene rings is 2. The highest BCUT2D eigenvalue weighted by atomic mass is 79.9. The van der Waals surface area contributed by atoms with Crippen molar-refractivity contribution >= 4 is 61.2 Å². The molecule has 13 heteroatoms. The first kappa shape index (κ1) is 29.6. The Labute approximate surface area is 249 Å². The van der Waals surface area contributed by atoms with Gasteiger partial charge in [0, 0.05) is 6.20 Å². The third-order valence-electron chi connectivity index (χ3n) is 5.67. The lowest BCUT2D eigenvalue weighted by atomic mass is 9.97. The molecule has 4 rings (SSSR count). The number of rotatable bonds is 10. The number of aromatic nitrogens is 1. The molecule has 0 bridgehead atoms. The zero-order valence-electron chi connectivity index (χ0n) is 21.6. The number of ether oxygens (including phenoxy) is 4. The molecule has 0 unspecified atom stereocenters. The van der Waals surface area contributed by atoms with Crippen LogP contribution >= 0.6 is 43.2 Å². The molecule has 1 aliphatic rings. The van der Waals surface area contributed by atoms with E-state index in [1.807, 2.05) is 13.8 Å². The third-order valence-corrected chi connectivity index (χ3v) is 7.84. The molecule has 0 fully saturated rings. The summed E-state index contributed by atoms with van der Waals surface area (Å²) in [6, 6.07) is 7.88. The predicted molar refractivity (Wildman–Crippen MR) is 155 cm³/mol. The maximum Gasteiger partial charge on any atom is 0.341 e. The fraction of sp³-hybridized carbons (Fsp3) is 0.259. The number of hydrogen-bond donors (Lipinski definition) is 1. The first-order chi connectivity index (χ1) is 19.2. The number of carboxylic acids is 1. The van der Waals surface area contributed by atoms with E-state index in [0.717, 1.165) is 0 Å². The minimum atomic E-state index is -1.11. The van der Waals surface area contributed by atoms with Crippen LogP contribution in [0, 0.1) is 0 Å². The topological polar surface area (TPSA) is 126 Å². The predicted octanol–water partition coefficient (Wildman–Crippen LogP) is 3.80. The van der Waals surface area contributed by atoms with Crippen molar-refractivity contribution in [2.24, 2.45) is 4.99 Å². The Bertz CT molecular complexity index is 1660. The van der Waals surface area contributed by atoms with Crippen LogP contribution in [0.4, 0.5) is 0 Å². The van der Waals surface area contributed by atoms with Crippen molar-refractivity contribution in [3.05, 3.63) is 81.9 Å². The molecule has 1 N–H and O–H groups in total. The molecule has 10 nitrogen and oxygen atoms in total. The summed E-state index contributed by atoms with van der Waals surface area (Å²) in [5.41, 5.74) is 1.11. The van der Waals surface area contributed by atoms with Gasteiger partial charge in [-0.1, -0.05) is 17.4 Å². The van der Waals surface area contributed by atoms with Crippen LogP contribution in [0.3, 0.4) is 0 Å². The van der Waals surface area contributed by atoms with Crippen LogP contribution < -0.4 is 29.1 Å². The molecule has 0 amide bonds. The Morgan fingerprint density at radius 1 is 1.07 bits per heavy atom. The van der Waals surface area contributed by atoms with Crippen LogP contribution in [-0.2, 0) is 14.3 Å². The van der Waals surface area contributed by atoms with Gasteiger partial charge >= 0.3 is 11.9 Å². The SMILES string of the molecule is CCOc1ccc([C@@H]2C(C(=O)OC)=CN=c3s/c(=C\c4cc(Br)c(OCC(=O)O)c(Br)c4)c(=O)n32)cc1OCC. The van der Waals surface area contributed by atoms with Crippen LogP contribution in [0.5, 0.6) is 17.2 Å². The summed E-state index contributed by atoms with van der Waals surface area (Å²) in [6.07, 6.45) is 3.10. The van der Waals surface area contributed by atoms with E-state index in [-0.39, 0.29) is 11.1 Å². The van der Waals surface area contributed by atoms with Crippen molar-refractivity contribution in [2.75, 3.05) is 26.9 Å². The number of thiazole rings is 1. The molecular weight excluding hydrogens is 672 g/mol.